The molecule has 1 aromatic heterocycles. The molecule has 22 heavy (non-hydrogen) atoms. The van der Waals surface area contributed by atoms with Gasteiger partial charge in [-0.3, -0.25) is 0 Å². The van der Waals surface area contributed by atoms with Crippen LogP contribution in [0.15, 0.2) is 61.1 Å². The molecular formula is C18H17FN2O. The van der Waals surface area contributed by atoms with Crippen LogP contribution in [0.5, 0.6) is 0 Å². The lowest BCUT2D eigenvalue weighted by Gasteiger charge is -2.20. The molecule has 1 unspecified atom stereocenters. The topological polar surface area (TPSA) is 38.0 Å². The van der Waals surface area contributed by atoms with Crippen LogP contribution in [0.2, 0.25) is 0 Å². The number of hydrogen-bond acceptors (Lipinski definition) is 2. The van der Waals surface area contributed by atoms with E-state index in [1.807, 2.05) is 28.8 Å². The van der Waals surface area contributed by atoms with Gasteiger partial charge in [0, 0.05) is 0 Å². The largest absolute Gasteiger partial charge is 0.390 e. The van der Waals surface area contributed by atoms with E-state index >= 15 is 0 Å². The molecule has 4 heteroatoms. The number of imidazole rings is 1. The smallest absolute Gasteiger partial charge is 0.123 e. The second-order valence-corrected chi connectivity index (χ2v) is 5.22. The van der Waals surface area contributed by atoms with Crippen LogP contribution >= 0.6 is 0 Å². The van der Waals surface area contributed by atoms with Gasteiger partial charge in [0.05, 0.1) is 30.9 Å². The van der Waals surface area contributed by atoms with Crippen molar-refractivity contribution in [2.24, 2.45) is 0 Å². The van der Waals surface area contributed by atoms with Gasteiger partial charge in [0.25, 0.3) is 0 Å². The molecular weight excluding hydrogens is 279 g/mol. The van der Waals surface area contributed by atoms with Crippen LogP contribution < -0.4 is 0 Å². The minimum Gasteiger partial charge on any atom is -0.390 e. The van der Waals surface area contributed by atoms with Gasteiger partial charge in [0.2, 0.25) is 0 Å². The minimum absolute atomic E-state index is 0.0194. The zero-order valence-electron chi connectivity index (χ0n) is 12.3. The first-order valence-electron chi connectivity index (χ1n) is 7.17. The Morgan fingerprint density at radius 2 is 1.86 bits per heavy atom. The van der Waals surface area contributed by atoms with E-state index in [1.54, 1.807) is 24.7 Å². The Morgan fingerprint density at radius 1 is 1.14 bits per heavy atom. The molecule has 112 valence electrons. The van der Waals surface area contributed by atoms with E-state index in [2.05, 4.69) is 11.9 Å². The van der Waals surface area contributed by atoms with Crippen molar-refractivity contribution in [3.63, 3.8) is 0 Å². The maximum absolute atomic E-state index is 13.1. The molecule has 3 aromatic rings. The Kier molecular flexibility index (Phi) is 4.02. The van der Waals surface area contributed by atoms with E-state index in [0.717, 1.165) is 22.4 Å². The average Bonchev–Trinajstić information content (AvgIpc) is 3.03. The van der Waals surface area contributed by atoms with E-state index in [9.17, 15) is 9.50 Å². The van der Waals surface area contributed by atoms with Crippen LogP contribution in [0, 0.1) is 5.82 Å². The molecule has 0 bridgehead atoms. The van der Waals surface area contributed by atoms with E-state index in [4.69, 9.17) is 0 Å². The summed E-state index contributed by atoms with van der Waals surface area (Å²) < 4.78 is 15.1. The summed E-state index contributed by atoms with van der Waals surface area (Å²) in [5.74, 6) is -0.244. The van der Waals surface area contributed by atoms with Crippen molar-refractivity contribution in [2.75, 3.05) is 0 Å². The van der Waals surface area contributed by atoms with Crippen molar-refractivity contribution in [2.45, 2.75) is 19.6 Å². The van der Waals surface area contributed by atoms with Crippen LogP contribution in [0.4, 0.5) is 4.39 Å². The summed E-state index contributed by atoms with van der Waals surface area (Å²) in [4.78, 5) is 4.11. The number of aliphatic hydroxyl groups is 1. The second-order valence-electron chi connectivity index (χ2n) is 5.22. The van der Waals surface area contributed by atoms with Crippen LogP contribution in [0.1, 0.15) is 24.2 Å². The summed E-state index contributed by atoms with van der Waals surface area (Å²) in [7, 11) is 0. The Morgan fingerprint density at radius 3 is 2.59 bits per heavy atom. The first-order valence-corrected chi connectivity index (χ1v) is 7.17. The summed E-state index contributed by atoms with van der Waals surface area (Å²) in [6.45, 7) is 2.01. The molecule has 0 aliphatic rings. The van der Waals surface area contributed by atoms with Gasteiger partial charge in [0.1, 0.15) is 5.82 Å². The van der Waals surface area contributed by atoms with Crippen LogP contribution in [-0.4, -0.2) is 14.7 Å². The maximum atomic E-state index is 13.1. The summed E-state index contributed by atoms with van der Waals surface area (Å²) in [6.07, 6.45) is 3.38. The van der Waals surface area contributed by atoms with E-state index in [1.165, 1.54) is 12.1 Å². The Labute approximate surface area is 128 Å². The number of benzene rings is 2. The summed E-state index contributed by atoms with van der Waals surface area (Å²) in [6, 6.07) is 14.5. The lowest BCUT2D eigenvalue weighted by Crippen LogP contribution is -2.10. The molecule has 0 radical (unpaired) electrons. The zero-order chi connectivity index (χ0) is 15.5. The first-order chi connectivity index (χ1) is 10.7. The maximum Gasteiger partial charge on any atom is 0.123 e. The summed E-state index contributed by atoms with van der Waals surface area (Å²) in [5, 5.41) is 9.42. The highest BCUT2D eigenvalue weighted by Gasteiger charge is 2.15. The van der Waals surface area contributed by atoms with Gasteiger partial charge in [-0.05, 0) is 35.7 Å². The van der Waals surface area contributed by atoms with Gasteiger partial charge in [-0.15, -0.1) is 0 Å². The quantitative estimate of drug-likeness (QED) is 0.795. The number of aliphatic hydroxyl groups excluding tert-OH is 1. The fraction of sp³-hybridized carbons (Fsp3) is 0.167. The predicted octanol–water partition coefficient (Wildman–Crippen LogP) is 3.79. The lowest BCUT2D eigenvalue weighted by molar-refractivity contribution is 0.269. The summed E-state index contributed by atoms with van der Waals surface area (Å²) >= 11 is 0. The molecule has 3 nitrogen and oxygen atoms in total. The fourth-order valence-electron chi connectivity index (χ4n) is 2.71. The SMILES string of the molecule is CC(c1ccccc1-c1ccc(F)cc1)n1cncc1CO. The van der Waals surface area contributed by atoms with Gasteiger partial charge in [0.15, 0.2) is 0 Å². The zero-order valence-corrected chi connectivity index (χ0v) is 12.3. The molecule has 0 spiro atoms. The lowest BCUT2D eigenvalue weighted by atomic mass is 9.95. The fourth-order valence-corrected chi connectivity index (χ4v) is 2.71. The van der Waals surface area contributed by atoms with Gasteiger partial charge in [-0.25, -0.2) is 9.37 Å². The number of aromatic nitrogens is 2. The number of nitrogens with zero attached hydrogens (tertiary/aromatic N) is 2. The second kappa shape index (κ2) is 6.12. The van der Waals surface area contributed by atoms with Crippen molar-refractivity contribution in [3.8, 4) is 11.1 Å². The van der Waals surface area contributed by atoms with E-state index in [0.29, 0.717) is 0 Å². The van der Waals surface area contributed by atoms with Gasteiger partial charge < -0.3 is 9.67 Å². The highest BCUT2D eigenvalue weighted by molar-refractivity contribution is 5.68. The van der Waals surface area contributed by atoms with Crippen molar-refractivity contribution in [1.82, 2.24) is 9.55 Å². The van der Waals surface area contributed by atoms with Crippen molar-refractivity contribution in [3.05, 3.63) is 78.1 Å². The Balaban J connectivity index is 2.06. The minimum atomic E-state index is -0.244. The Hall–Kier alpha value is -2.46. The normalized spacial score (nSPS) is 12.3. The third-order valence-electron chi connectivity index (χ3n) is 3.89. The molecule has 0 saturated heterocycles. The third-order valence-corrected chi connectivity index (χ3v) is 3.89. The first kappa shape index (κ1) is 14.5. The summed E-state index contributed by atoms with van der Waals surface area (Å²) in [5.41, 5.74) is 3.88. The molecule has 1 atom stereocenters. The van der Waals surface area contributed by atoms with Crippen molar-refractivity contribution in [1.29, 1.82) is 0 Å². The molecule has 1 N–H and O–H groups in total. The van der Waals surface area contributed by atoms with Crippen LogP contribution in [-0.2, 0) is 6.61 Å². The number of halogens is 1. The van der Waals surface area contributed by atoms with Gasteiger partial charge in [-0.1, -0.05) is 36.4 Å². The van der Waals surface area contributed by atoms with Crippen molar-refractivity contribution < 1.29 is 9.50 Å². The molecule has 0 aliphatic heterocycles. The van der Waals surface area contributed by atoms with Gasteiger partial charge >= 0.3 is 0 Å². The van der Waals surface area contributed by atoms with Gasteiger partial charge in [-0.2, -0.15) is 0 Å². The number of rotatable bonds is 4. The Bertz CT molecular complexity index is 765. The average molecular weight is 296 g/mol. The van der Waals surface area contributed by atoms with Crippen molar-refractivity contribution >= 4 is 0 Å². The van der Waals surface area contributed by atoms with E-state index in [-0.39, 0.29) is 18.5 Å². The molecule has 0 fully saturated rings. The molecule has 1 heterocycles. The third kappa shape index (κ3) is 2.65. The van der Waals surface area contributed by atoms with E-state index < -0.39 is 0 Å². The monoisotopic (exact) mass is 296 g/mol. The molecule has 0 saturated carbocycles. The molecule has 3 rings (SSSR count). The predicted molar refractivity (Wildman–Crippen MR) is 83.8 cm³/mol. The molecule has 0 amide bonds. The van der Waals surface area contributed by atoms with Crippen LogP contribution in [0.3, 0.4) is 0 Å². The standard InChI is InChI=1S/C18H17FN2O/c1-13(21-12-20-10-16(21)11-22)17-4-2-3-5-18(17)14-6-8-15(19)9-7-14/h2-10,12-13,22H,11H2,1H3. The number of hydrogen-bond donors (Lipinski definition) is 1. The van der Waals surface area contributed by atoms with Crippen LogP contribution in [0.25, 0.3) is 11.1 Å². The molecule has 2 aromatic carbocycles. The molecule has 0 aliphatic carbocycles. The highest BCUT2D eigenvalue weighted by atomic mass is 19.1. The highest BCUT2D eigenvalue weighted by Crippen LogP contribution is 2.30.